The average molecular weight is 462 g/mol. The molecule has 9 nitrogen and oxygen atoms in total. The van der Waals surface area contributed by atoms with Gasteiger partial charge in [0, 0.05) is 16.9 Å². The van der Waals surface area contributed by atoms with Crippen molar-refractivity contribution in [3.63, 3.8) is 0 Å². The molecule has 0 aliphatic heterocycles. The van der Waals surface area contributed by atoms with Gasteiger partial charge in [-0.1, -0.05) is 54.2 Å². The Hall–Kier alpha value is -3.92. The van der Waals surface area contributed by atoms with Crippen molar-refractivity contribution in [1.29, 1.82) is 0 Å². The number of carbonyl (C=O) groups excluding carboxylic acids is 2. The van der Waals surface area contributed by atoms with E-state index < -0.39 is 5.25 Å². The minimum atomic E-state index is -0.660. The number of thioether (sulfide) groups is 1. The first kappa shape index (κ1) is 22.3. The third-order valence-electron chi connectivity index (χ3n) is 4.95. The van der Waals surface area contributed by atoms with Gasteiger partial charge in [-0.05, 0) is 44.5 Å². The molecule has 4 rings (SSSR count). The highest BCUT2D eigenvalue weighted by molar-refractivity contribution is 8.00. The molecule has 0 spiro atoms. The fourth-order valence-corrected chi connectivity index (χ4v) is 4.31. The zero-order valence-electron chi connectivity index (χ0n) is 18.4. The summed E-state index contributed by atoms with van der Waals surface area (Å²) in [6.07, 6.45) is 0. The summed E-state index contributed by atoms with van der Waals surface area (Å²) in [5, 5.41) is 15.4. The van der Waals surface area contributed by atoms with Crippen LogP contribution in [-0.4, -0.2) is 36.3 Å². The lowest BCUT2D eigenvalue weighted by atomic mass is 10.1. The second-order valence-corrected chi connectivity index (χ2v) is 8.60. The van der Waals surface area contributed by atoms with Crippen molar-refractivity contribution >= 4 is 29.1 Å². The number of Topliss-reactive ketones (excluding diaryl/α,β-unsaturated/α-hetero) is 1. The third kappa shape index (κ3) is 4.80. The highest BCUT2D eigenvalue weighted by atomic mass is 32.2. The molecule has 0 fully saturated rings. The number of anilines is 1. The van der Waals surface area contributed by atoms with E-state index in [0.29, 0.717) is 22.4 Å². The molecule has 2 aromatic carbocycles. The SMILES string of the molecule is CC(=O)c1cccc(NC(=O)C(Sc2nnc(-n3nc(C)cc3C)n2N)c2ccccc2)c1. The van der Waals surface area contributed by atoms with E-state index in [1.807, 2.05) is 50.2 Å². The molecule has 0 saturated heterocycles. The van der Waals surface area contributed by atoms with Gasteiger partial charge in [-0.2, -0.15) is 5.10 Å². The van der Waals surface area contributed by atoms with Gasteiger partial charge >= 0.3 is 0 Å². The number of hydrogen-bond acceptors (Lipinski definition) is 7. The Morgan fingerprint density at radius 1 is 1.03 bits per heavy atom. The first-order chi connectivity index (χ1) is 15.8. The number of nitrogen functional groups attached to an aromatic ring is 1. The lowest BCUT2D eigenvalue weighted by Gasteiger charge is -2.17. The minimum absolute atomic E-state index is 0.0759. The van der Waals surface area contributed by atoms with Crippen LogP contribution in [0.25, 0.3) is 5.95 Å². The molecule has 1 atom stereocenters. The van der Waals surface area contributed by atoms with E-state index in [1.54, 1.807) is 28.9 Å². The molecule has 0 aliphatic carbocycles. The molecule has 1 unspecified atom stereocenters. The molecule has 3 N–H and O–H groups in total. The van der Waals surface area contributed by atoms with Crippen LogP contribution in [0.15, 0.2) is 65.8 Å². The van der Waals surface area contributed by atoms with Crippen LogP contribution in [0, 0.1) is 13.8 Å². The summed E-state index contributed by atoms with van der Waals surface area (Å²) in [4.78, 5) is 25.0. The van der Waals surface area contributed by atoms with Gasteiger partial charge in [0.25, 0.3) is 5.95 Å². The number of nitrogens with zero attached hydrogens (tertiary/aromatic N) is 5. The Labute approximate surface area is 195 Å². The molecule has 1 amide bonds. The second-order valence-electron chi connectivity index (χ2n) is 7.53. The van der Waals surface area contributed by atoms with Gasteiger partial charge in [0.05, 0.1) is 5.69 Å². The smallest absolute Gasteiger partial charge is 0.271 e. The normalized spacial score (nSPS) is 11.8. The Morgan fingerprint density at radius 2 is 1.79 bits per heavy atom. The van der Waals surface area contributed by atoms with Crippen LogP contribution < -0.4 is 11.2 Å². The Kier molecular flexibility index (Phi) is 6.27. The molecule has 2 heterocycles. The maximum Gasteiger partial charge on any atom is 0.271 e. The van der Waals surface area contributed by atoms with Crippen LogP contribution in [0.4, 0.5) is 5.69 Å². The summed E-state index contributed by atoms with van der Waals surface area (Å²) >= 11 is 1.18. The number of rotatable bonds is 7. The fourth-order valence-electron chi connectivity index (χ4n) is 3.36. The molecule has 0 saturated carbocycles. The first-order valence-corrected chi connectivity index (χ1v) is 11.1. The van der Waals surface area contributed by atoms with Crippen molar-refractivity contribution in [2.75, 3.05) is 11.2 Å². The zero-order chi connectivity index (χ0) is 23.5. The minimum Gasteiger partial charge on any atom is -0.334 e. The lowest BCUT2D eigenvalue weighted by Crippen LogP contribution is -2.21. The van der Waals surface area contributed by atoms with Gasteiger partial charge in [-0.3, -0.25) is 9.59 Å². The lowest BCUT2D eigenvalue weighted by molar-refractivity contribution is -0.115. The Morgan fingerprint density at radius 3 is 2.45 bits per heavy atom. The predicted octanol–water partition coefficient (Wildman–Crippen LogP) is 3.47. The van der Waals surface area contributed by atoms with E-state index >= 15 is 0 Å². The average Bonchev–Trinajstić information content (AvgIpc) is 3.32. The van der Waals surface area contributed by atoms with Gasteiger partial charge in [0.15, 0.2) is 5.78 Å². The highest BCUT2D eigenvalue weighted by Gasteiger charge is 2.26. The zero-order valence-corrected chi connectivity index (χ0v) is 19.2. The number of benzene rings is 2. The molecular formula is C23H23N7O2S. The van der Waals surface area contributed by atoms with E-state index in [2.05, 4.69) is 20.6 Å². The van der Waals surface area contributed by atoms with Crippen LogP contribution in [0.1, 0.15) is 39.5 Å². The number of hydrogen-bond donors (Lipinski definition) is 2. The quantitative estimate of drug-likeness (QED) is 0.246. The summed E-state index contributed by atoms with van der Waals surface area (Å²) in [6, 6.07) is 18.1. The Balaban J connectivity index is 1.64. The Bertz CT molecular complexity index is 1310. The summed E-state index contributed by atoms with van der Waals surface area (Å²) in [5.74, 6) is 6.29. The van der Waals surface area contributed by atoms with Crippen molar-refractivity contribution in [3.8, 4) is 5.95 Å². The monoisotopic (exact) mass is 461 g/mol. The van der Waals surface area contributed by atoms with Gasteiger partial charge in [0.1, 0.15) is 5.25 Å². The van der Waals surface area contributed by atoms with Crippen LogP contribution in [0.5, 0.6) is 0 Å². The van der Waals surface area contributed by atoms with Crippen molar-refractivity contribution in [1.82, 2.24) is 24.7 Å². The number of aryl methyl sites for hydroxylation is 2. The third-order valence-corrected chi connectivity index (χ3v) is 6.16. The maximum atomic E-state index is 13.3. The second kappa shape index (κ2) is 9.29. The fraction of sp³-hybridized carbons (Fsp3) is 0.174. The molecule has 33 heavy (non-hydrogen) atoms. The molecule has 0 bridgehead atoms. The standard InChI is InChI=1S/C23H23N7O2S/c1-14-12-15(2)30(28-14)22-26-27-23(29(22)24)33-20(17-8-5-4-6-9-17)21(32)25-19-11-7-10-18(13-19)16(3)31/h4-13,20H,24H2,1-3H3,(H,25,32). The molecule has 2 aromatic heterocycles. The number of ketones is 1. The summed E-state index contributed by atoms with van der Waals surface area (Å²) in [5.41, 5.74) is 3.53. The van der Waals surface area contributed by atoms with E-state index in [-0.39, 0.29) is 11.7 Å². The molecule has 0 aliphatic rings. The van der Waals surface area contributed by atoms with E-state index in [0.717, 1.165) is 17.0 Å². The largest absolute Gasteiger partial charge is 0.334 e. The number of amides is 1. The summed E-state index contributed by atoms with van der Waals surface area (Å²) in [6.45, 7) is 5.27. The van der Waals surface area contributed by atoms with Crippen molar-refractivity contribution < 1.29 is 9.59 Å². The topological polar surface area (TPSA) is 121 Å². The summed E-state index contributed by atoms with van der Waals surface area (Å²) < 4.78 is 2.93. The predicted molar refractivity (Wildman–Crippen MR) is 127 cm³/mol. The molecular weight excluding hydrogens is 438 g/mol. The number of nitrogens with one attached hydrogen (secondary N) is 1. The van der Waals surface area contributed by atoms with Gasteiger partial charge < -0.3 is 11.2 Å². The molecule has 0 radical (unpaired) electrons. The van der Waals surface area contributed by atoms with Crippen molar-refractivity contribution in [2.45, 2.75) is 31.2 Å². The van der Waals surface area contributed by atoms with Crippen LogP contribution in [0.3, 0.4) is 0 Å². The van der Waals surface area contributed by atoms with E-state index in [1.165, 1.54) is 23.4 Å². The number of carbonyl (C=O) groups is 2. The van der Waals surface area contributed by atoms with Crippen LogP contribution in [0.2, 0.25) is 0 Å². The van der Waals surface area contributed by atoms with E-state index in [9.17, 15) is 9.59 Å². The summed E-state index contributed by atoms with van der Waals surface area (Å²) in [7, 11) is 0. The van der Waals surface area contributed by atoms with E-state index in [4.69, 9.17) is 5.84 Å². The van der Waals surface area contributed by atoms with Gasteiger partial charge in [-0.15, -0.1) is 10.2 Å². The maximum absolute atomic E-state index is 13.3. The highest BCUT2D eigenvalue weighted by Crippen LogP contribution is 2.35. The molecule has 10 heteroatoms. The molecule has 168 valence electrons. The van der Waals surface area contributed by atoms with Crippen molar-refractivity contribution in [2.24, 2.45) is 0 Å². The van der Waals surface area contributed by atoms with Crippen molar-refractivity contribution in [3.05, 3.63) is 83.2 Å². The van der Waals surface area contributed by atoms with Gasteiger partial charge in [0.2, 0.25) is 11.1 Å². The van der Waals surface area contributed by atoms with Crippen LogP contribution in [-0.2, 0) is 4.79 Å². The first-order valence-electron chi connectivity index (χ1n) is 10.2. The van der Waals surface area contributed by atoms with Gasteiger partial charge in [-0.25, -0.2) is 9.36 Å². The number of aromatic nitrogens is 5. The molecule has 4 aromatic rings. The number of nitrogens with two attached hydrogens (primary N) is 1. The van der Waals surface area contributed by atoms with Crippen LogP contribution >= 0.6 is 11.8 Å².